The zero-order valence-electron chi connectivity index (χ0n) is 20.5. The first-order valence-electron chi connectivity index (χ1n) is 11.7. The number of aliphatic hydroxyl groups is 4. The van der Waals surface area contributed by atoms with Crippen molar-refractivity contribution in [1.82, 2.24) is 0 Å². The highest BCUT2D eigenvalue weighted by Crippen LogP contribution is 2.26. The maximum absolute atomic E-state index is 12.6. The van der Waals surface area contributed by atoms with E-state index in [2.05, 4.69) is 0 Å². The monoisotopic (exact) mass is 534 g/mol. The summed E-state index contributed by atoms with van der Waals surface area (Å²) >= 11 is 0. The van der Waals surface area contributed by atoms with E-state index in [0.717, 1.165) is 0 Å². The topological polar surface area (TPSA) is 189 Å². The van der Waals surface area contributed by atoms with Gasteiger partial charge in [-0.05, 0) is 23.3 Å². The molecule has 12 nitrogen and oxygen atoms in total. The number of esters is 2. The van der Waals surface area contributed by atoms with Gasteiger partial charge in [-0.3, -0.25) is 9.59 Å². The average Bonchev–Trinajstić information content (AvgIpc) is 2.87. The van der Waals surface area contributed by atoms with Crippen molar-refractivity contribution in [2.24, 2.45) is 0 Å². The number of carbonyl (C=O) groups excluding carboxylic acids is 2. The van der Waals surface area contributed by atoms with E-state index >= 15 is 0 Å². The quantitative estimate of drug-likeness (QED) is 0.242. The number of hydrogen-bond acceptors (Lipinski definition) is 11. The van der Waals surface area contributed by atoms with Crippen molar-refractivity contribution in [1.29, 1.82) is 0 Å². The Balaban J connectivity index is 1.60. The van der Waals surface area contributed by atoms with Crippen molar-refractivity contribution < 1.29 is 58.9 Å². The second-order valence-corrected chi connectivity index (χ2v) is 8.92. The largest absolute Gasteiger partial charge is 0.481 e. The number of hydrogen-bond donors (Lipinski definition) is 5. The van der Waals surface area contributed by atoms with E-state index in [9.17, 15) is 39.9 Å². The van der Waals surface area contributed by atoms with Crippen LogP contribution in [-0.4, -0.2) is 86.4 Å². The van der Waals surface area contributed by atoms with Gasteiger partial charge in [-0.15, -0.1) is 0 Å². The van der Waals surface area contributed by atoms with Crippen LogP contribution in [0.2, 0.25) is 0 Å². The molecule has 2 aromatic carbocycles. The van der Waals surface area contributed by atoms with Gasteiger partial charge in [0.05, 0.1) is 6.42 Å². The van der Waals surface area contributed by atoms with Crippen LogP contribution in [-0.2, 0) is 41.6 Å². The van der Waals surface area contributed by atoms with Crippen molar-refractivity contribution in [3.63, 3.8) is 0 Å². The lowest BCUT2D eigenvalue weighted by Crippen LogP contribution is -2.60. The lowest BCUT2D eigenvalue weighted by Gasteiger charge is -2.39. The van der Waals surface area contributed by atoms with Gasteiger partial charge in [0.25, 0.3) is 0 Å². The number of benzene rings is 2. The van der Waals surface area contributed by atoms with Gasteiger partial charge < -0.3 is 44.5 Å². The van der Waals surface area contributed by atoms with Crippen molar-refractivity contribution >= 4 is 17.9 Å². The fraction of sp³-hybridized carbons (Fsp3) is 0.423. The molecule has 3 rings (SSSR count). The van der Waals surface area contributed by atoms with E-state index in [0.29, 0.717) is 11.1 Å². The Kier molecular flexibility index (Phi) is 9.78. The predicted octanol–water partition coefficient (Wildman–Crippen LogP) is -0.0722. The first kappa shape index (κ1) is 29.0. The fourth-order valence-electron chi connectivity index (χ4n) is 3.82. The Bertz CT molecular complexity index is 1090. The summed E-state index contributed by atoms with van der Waals surface area (Å²) in [5, 5.41) is 50.4. The normalized spacial score (nSPS) is 24.6. The summed E-state index contributed by atoms with van der Waals surface area (Å²) in [6.45, 7) is 0.542. The average molecular weight is 535 g/mol. The third kappa shape index (κ3) is 7.73. The molecule has 0 bridgehead atoms. The molecule has 6 atom stereocenters. The third-order valence-electron chi connectivity index (χ3n) is 5.83. The summed E-state index contributed by atoms with van der Waals surface area (Å²) in [5.41, 5.74) is -1.22. The Morgan fingerprint density at radius 1 is 0.895 bits per heavy atom. The maximum atomic E-state index is 12.6. The molecule has 0 unspecified atom stereocenters. The van der Waals surface area contributed by atoms with Gasteiger partial charge in [0, 0.05) is 13.3 Å². The Morgan fingerprint density at radius 2 is 1.55 bits per heavy atom. The molecule has 0 aliphatic carbocycles. The van der Waals surface area contributed by atoms with Crippen LogP contribution in [0.4, 0.5) is 0 Å². The lowest BCUT2D eigenvalue weighted by molar-refractivity contribution is -0.278. The summed E-state index contributed by atoms with van der Waals surface area (Å²) in [6, 6.07) is 14.4. The highest BCUT2D eigenvalue weighted by Gasteiger charge is 2.45. The minimum atomic E-state index is -2.27. The summed E-state index contributed by atoms with van der Waals surface area (Å²) in [7, 11) is 0. The molecule has 1 heterocycles. The standard InChI is InChI=1S/C26H30O12/c1-15(27)35-14-19-21(30)22(31)23(32)24(38-19)37-18-9-7-17(8-10-18)13-36-25(33)26(34,12-20(28)29)11-16-5-3-2-4-6-16/h2-10,19,21-24,30-32,34H,11-14H2,1H3,(H,28,29)/t19-,21-,22+,23-,24-,26+/m1/s1. The predicted molar refractivity (Wildman–Crippen MR) is 128 cm³/mol. The zero-order valence-corrected chi connectivity index (χ0v) is 20.5. The molecular formula is C26H30O12. The van der Waals surface area contributed by atoms with E-state index in [-0.39, 0.29) is 25.4 Å². The third-order valence-corrected chi connectivity index (χ3v) is 5.83. The maximum Gasteiger partial charge on any atom is 0.339 e. The van der Waals surface area contributed by atoms with Crippen LogP contribution >= 0.6 is 0 Å². The van der Waals surface area contributed by atoms with E-state index in [1.165, 1.54) is 31.2 Å². The van der Waals surface area contributed by atoms with Crippen molar-refractivity contribution in [3.05, 3.63) is 65.7 Å². The van der Waals surface area contributed by atoms with E-state index in [1.807, 2.05) is 0 Å². The molecule has 38 heavy (non-hydrogen) atoms. The molecule has 0 spiro atoms. The fourth-order valence-corrected chi connectivity index (χ4v) is 3.82. The first-order chi connectivity index (χ1) is 18.0. The second kappa shape index (κ2) is 12.8. The molecule has 12 heteroatoms. The lowest BCUT2D eigenvalue weighted by atomic mass is 9.91. The minimum absolute atomic E-state index is 0.199. The molecule has 1 aliphatic heterocycles. The Morgan fingerprint density at radius 3 is 2.16 bits per heavy atom. The highest BCUT2D eigenvalue weighted by atomic mass is 16.7. The number of carboxylic acid groups (broad SMARTS) is 1. The number of aliphatic carboxylic acids is 1. The second-order valence-electron chi connectivity index (χ2n) is 8.92. The Labute approximate surface area is 218 Å². The number of carbonyl (C=O) groups is 3. The van der Waals surface area contributed by atoms with Crippen LogP contribution in [0.15, 0.2) is 54.6 Å². The van der Waals surface area contributed by atoms with Crippen LogP contribution in [0.5, 0.6) is 5.75 Å². The van der Waals surface area contributed by atoms with E-state index < -0.39 is 60.6 Å². The summed E-state index contributed by atoms with van der Waals surface area (Å²) in [4.78, 5) is 35.0. The number of aliphatic hydroxyl groups excluding tert-OH is 3. The minimum Gasteiger partial charge on any atom is -0.481 e. The van der Waals surface area contributed by atoms with Crippen LogP contribution < -0.4 is 4.74 Å². The molecule has 5 N–H and O–H groups in total. The molecule has 0 aromatic heterocycles. The van der Waals surface area contributed by atoms with Crippen molar-refractivity contribution in [2.75, 3.05) is 6.61 Å². The molecule has 0 saturated carbocycles. The van der Waals surface area contributed by atoms with Crippen molar-refractivity contribution in [2.45, 2.75) is 62.7 Å². The molecule has 1 aliphatic rings. The summed E-state index contributed by atoms with van der Waals surface area (Å²) < 4.78 is 21.0. The zero-order chi connectivity index (χ0) is 27.9. The van der Waals surface area contributed by atoms with Gasteiger partial charge >= 0.3 is 17.9 Å². The van der Waals surface area contributed by atoms with Crippen LogP contribution in [0, 0.1) is 0 Å². The van der Waals surface area contributed by atoms with Gasteiger partial charge in [-0.25, -0.2) is 4.79 Å². The van der Waals surface area contributed by atoms with Crippen molar-refractivity contribution in [3.8, 4) is 5.75 Å². The molecule has 0 amide bonds. The van der Waals surface area contributed by atoms with Gasteiger partial charge in [-0.1, -0.05) is 42.5 Å². The molecule has 1 saturated heterocycles. The molecule has 2 aromatic rings. The van der Waals surface area contributed by atoms with E-state index in [1.54, 1.807) is 30.3 Å². The molecule has 206 valence electrons. The molecule has 1 fully saturated rings. The summed E-state index contributed by atoms with van der Waals surface area (Å²) in [5.74, 6) is -2.86. The number of carboxylic acids is 1. The van der Waals surface area contributed by atoms with Crippen LogP contribution in [0.1, 0.15) is 24.5 Å². The summed E-state index contributed by atoms with van der Waals surface area (Å²) in [6.07, 6.45) is -8.33. The number of rotatable bonds is 11. The van der Waals surface area contributed by atoms with Gasteiger partial charge in [-0.2, -0.15) is 0 Å². The molecular weight excluding hydrogens is 504 g/mol. The van der Waals surface area contributed by atoms with Crippen LogP contribution in [0.25, 0.3) is 0 Å². The van der Waals surface area contributed by atoms with Gasteiger partial charge in [0.1, 0.15) is 43.4 Å². The van der Waals surface area contributed by atoms with Crippen LogP contribution in [0.3, 0.4) is 0 Å². The Hall–Kier alpha value is -3.55. The van der Waals surface area contributed by atoms with Gasteiger partial charge in [0.2, 0.25) is 6.29 Å². The van der Waals surface area contributed by atoms with Gasteiger partial charge in [0.15, 0.2) is 5.60 Å². The first-order valence-corrected chi connectivity index (χ1v) is 11.7. The number of ether oxygens (including phenoxy) is 4. The SMILES string of the molecule is CC(=O)OC[C@H]1O[C@@H](Oc2ccc(COC(=O)[C@@](O)(CC(=O)O)Cc3ccccc3)cc2)[C@H](O)[C@@H](O)[C@@H]1O. The smallest absolute Gasteiger partial charge is 0.339 e. The highest BCUT2D eigenvalue weighted by molar-refractivity contribution is 5.85. The van der Waals surface area contributed by atoms with E-state index in [4.69, 9.17) is 18.9 Å². The molecule has 0 radical (unpaired) electrons.